The number of likely N-dealkylation sites (tertiary alicyclic amines) is 1. The van der Waals surface area contributed by atoms with Crippen molar-refractivity contribution >= 4 is 23.2 Å². The number of nitrogens with zero attached hydrogens (tertiary/aromatic N) is 1. The number of carbonyl (C=O) groups is 2. The fourth-order valence-electron chi connectivity index (χ4n) is 2.18. The molecule has 106 valence electrons. The van der Waals surface area contributed by atoms with E-state index >= 15 is 0 Å². The summed E-state index contributed by atoms with van der Waals surface area (Å²) in [5.41, 5.74) is 0. The molecule has 1 aliphatic rings. The standard InChI is InChI=1S/C14H15NO4S/c1-19-14(18)11-5-2-8-15(11)13(17)12-7-6-10(20-12)4-3-9-16/h6-7,11,16H,2,5,8-9H2,1H3. The maximum Gasteiger partial charge on any atom is 0.328 e. The average molecular weight is 293 g/mol. The number of rotatable bonds is 2. The first-order valence-corrected chi connectivity index (χ1v) is 7.07. The molecule has 2 rings (SSSR count). The van der Waals surface area contributed by atoms with Crippen LogP contribution >= 0.6 is 11.3 Å². The second-order valence-corrected chi connectivity index (χ2v) is 5.39. The molecule has 1 amide bonds. The van der Waals surface area contributed by atoms with Crippen LogP contribution < -0.4 is 0 Å². The molecule has 0 saturated carbocycles. The Hall–Kier alpha value is -1.84. The molecular weight excluding hydrogens is 278 g/mol. The van der Waals surface area contributed by atoms with Crippen LogP contribution in [-0.2, 0) is 9.53 Å². The fourth-order valence-corrected chi connectivity index (χ4v) is 3.02. The average Bonchev–Trinajstić information content (AvgIpc) is 3.12. The van der Waals surface area contributed by atoms with Crippen molar-refractivity contribution in [3.8, 4) is 11.8 Å². The topological polar surface area (TPSA) is 66.8 Å². The van der Waals surface area contributed by atoms with Crippen LogP contribution in [-0.4, -0.2) is 48.2 Å². The van der Waals surface area contributed by atoms with Gasteiger partial charge in [0, 0.05) is 6.54 Å². The third kappa shape index (κ3) is 3.00. The first-order valence-electron chi connectivity index (χ1n) is 6.25. The van der Waals surface area contributed by atoms with E-state index in [9.17, 15) is 9.59 Å². The predicted molar refractivity (Wildman–Crippen MR) is 74.4 cm³/mol. The summed E-state index contributed by atoms with van der Waals surface area (Å²) < 4.78 is 4.73. The third-order valence-electron chi connectivity index (χ3n) is 3.09. The summed E-state index contributed by atoms with van der Waals surface area (Å²) >= 11 is 1.26. The highest BCUT2D eigenvalue weighted by molar-refractivity contribution is 7.14. The summed E-state index contributed by atoms with van der Waals surface area (Å²) in [4.78, 5) is 26.9. The Bertz CT molecular complexity index is 569. The Morgan fingerprint density at radius 3 is 3.05 bits per heavy atom. The Morgan fingerprint density at radius 1 is 1.55 bits per heavy atom. The van der Waals surface area contributed by atoms with Crippen LogP contribution in [0.2, 0.25) is 0 Å². The lowest BCUT2D eigenvalue weighted by atomic mass is 10.2. The van der Waals surface area contributed by atoms with E-state index in [-0.39, 0.29) is 18.5 Å². The molecule has 1 N–H and O–H groups in total. The van der Waals surface area contributed by atoms with Gasteiger partial charge in [0.05, 0.1) is 16.9 Å². The number of hydrogen-bond acceptors (Lipinski definition) is 5. The number of esters is 1. The minimum Gasteiger partial charge on any atom is -0.467 e. The molecular formula is C14H15NO4S. The Morgan fingerprint density at radius 2 is 2.35 bits per heavy atom. The maximum absolute atomic E-state index is 12.4. The first-order chi connectivity index (χ1) is 9.67. The van der Waals surface area contributed by atoms with Gasteiger partial charge in [-0.3, -0.25) is 4.79 Å². The number of carbonyl (C=O) groups excluding carboxylic acids is 2. The van der Waals surface area contributed by atoms with E-state index in [1.54, 1.807) is 17.0 Å². The van der Waals surface area contributed by atoms with Gasteiger partial charge in [0.1, 0.15) is 12.6 Å². The quantitative estimate of drug-likeness (QED) is 0.649. The normalized spacial score (nSPS) is 17.5. The summed E-state index contributed by atoms with van der Waals surface area (Å²) in [5, 5.41) is 8.64. The zero-order valence-electron chi connectivity index (χ0n) is 11.1. The minimum absolute atomic E-state index is 0.167. The van der Waals surface area contributed by atoms with E-state index in [1.165, 1.54) is 18.4 Å². The van der Waals surface area contributed by atoms with Crippen molar-refractivity contribution in [2.45, 2.75) is 18.9 Å². The van der Waals surface area contributed by atoms with Crippen molar-refractivity contribution in [3.05, 3.63) is 21.9 Å². The molecule has 1 atom stereocenters. The molecule has 0 bridgehead atoms. The van der Waals surface area contributed by atoms with Crippen LogP contribution in [0, 0.1) is 11.8 Å². The van der Waals surface area contributed by atoms with Gasteiger partial charge in [0.25, 0.3) is 5.91 Å². The molecule has 6 heteroatoms. The molecule has 5 nitrogen and oxygen atoms in total. The fraction of sp³-hybridized carbons (Fsp3) is 0.429. The van der Waals surface area contributed by atoms with Crippen LogP contribution in [0.3, 0.4) is 0 Å². The molecule has 20 heavy (non-hydrogen) atoms. The van der Waals surface area contributed by atoms with Crippen LogP contribution in [0.15, 0.2) is 12.1 Å². The lowest BCUT2D eigenvalue weighted by Gasteiger charge is -2.21. The largest absolute Gasteiger partial charge is 0.467 e. The van der Waals surface area contributed by atoms with Gasteiger partial charge >= 0.3 is 5.97 Å². The van der Waals surface area contributed by atoms with Crippen molar-refractivity contribution in [1.82, 2.24) is 4.90 Å². The highest BCUT2D eigenvalue weighted by atomic mass is 32.1. The second-order valence-electron chi connectivity index (χ2n) is 4.30. The molecule has 0 aromatic carbocycles. The van der Waals surface area contributed by atoms with E-state index in [2.05, 4.69) is 11.8 Å². The molecule has 1 fully saturated rings. The molecule has 0 spiro atoms. The highest BCUT2D eigenvalue weighted by Gasteiger charge is 2.35. The Kier molecular flexibility index (Phi) is 4.77. The number of amides is 1. The molecule has 1 aromatic rings. The lowest BCUT2D eigenvalue weighted by molar-refractivity contribution is -0.145. The van der Waals surface area contributed by atoms with Gasteiger partial charge in [-0.2, -0.15) is 0 Å². The maximum atomic E-state index is 12.4. The number of aliphatic hydroxyl groups is 1. The monoisotopic (exact) mass is 293 g/mol. The molecule has 1 aromatic heterocycles. The minimum atomic E-state index is -0.485. The van der Waals surface area contributed by atoms with Crippen molar-refractivity contribution < 1.29 is 19.4 Å². The van der Waals surface area contributed by atoms with Gasteiger partial charge in [-0.25, -0.2) is 4.79 Å². The Labute approximate surface area is 121 Å². The molecule has 1 unspecified atom stereocenters. The van der Waals surface area contributed by atoms with Crippen LogP contribution in [0.4, 0.5) is 0 Å². The number of hydrogen-bond donors (Lipinski definition) is 1. The van der Waals surface area contributed by atoms with Gasteiger partial charge in [-0.1, -0.05) is 11.8 Å². The van der Waals surface area contributed by atoms with E-state index in [0.29, 0.717) is 17.8 Å². The van der Waals surface area contributed by atoms with Gasteiger partial charge in [-0.05, 0) is 25.0 Å². The summed E-state index contributed by atoms with van der Waals surface area (Å²) in [6, 6.07) is 2.95. The van der Waals surface area contributed by atoms with Crippen LogP contribution in [0.5, 0.6) is 0 Å². The van der Waals surface area contributed by atoms with E-state index in [4.69, 9.17) is 9.84 Å². The molecule has 0 aliphatic carbocycles. The van der Waals surface area contributed by atoms with Crippen molar-refractivity contribution in [2.24, 2.45) is 0 Å². The Balaban J connectivity index is 2.14. The molecule has 2 heterocycles. The third-order valence-corrected chi connectivity index (χ3v) is 4.08. The number of ether oxygens (including phenoxy) is 1. The smallest absolute Gasteiger partial charge is 0.328 e. The van der Waals surface area contributed by atoms with Crippen molar-refractivity contribution in [3.63, 3.8) is 0 Å². The van der Waals surface area contributed by atoms with E-state index in [0.717, 1.165) is 11.3 Å². The first kappa shape index (κ1) is 14.6. The van der Waals surface area contributed by atoms with Crippen LogP contribution in [0.1, 0.15) is 27.4 Å². The molecule has 1 saturated heterocycles. The summed E-state index contributed by atoms with van der Waals surface area (Å²) in [5.74, 6) is 4.77. The van der Waals surface area contributed by atoms with Gasteiger partial charge in [0.15, 0.2) is 0 Å². The van der Waals surface area contributed by atoms with Crippen molar-refractivity contribution in [1.29, 1.82) is 0 Å². The number of aliphatic hydroxyl groups excluding tert-OH is 1. The summed E-state index contributed by atoms with van der Waals surface area (Å²) in [7, 11) is 1.33. The number of thiophene rings is 1. The summed E-state index contributed by atoms with van der Waals surface area (Å²) in [6.45, 7) is 0.353. The number of methoxy groups -OCH3 is 1. The SMILES string of the molecule is COC(=O)C1CCCN1C(=O)c1ccc(C#CCO)s1. The van der Waals surface area contributed by atoms with Gasteiger partial charge in [0.2, 0.25) is 0 Å². The zero-order valence-corrected chi connectivity index (χ0v) is 11.9. The van der Waals surface area contributed by atoms with E-state index in [1.807, 2.05) is 0 Å². The highest BCUT2D eigenvalue weighted by Crippen LogP contribution is 2.24. The van der Waals surface area contributed by atoms with E-state index < -0.39 is 6.04 Å². The lowest BCUT2D eigenvalue weighted by Crippen LogP contribution is -2.40. The van der Waals surface area contributed by atoms with Crippen LogP contribution in [0.25, 0.3) is 0 Å². The zero-order chi connectivity index (χ0) is 14.5. The predicted octanol–water partition coefficient (Wildman–Crippen LogP) is 0.870. The van der Waals surface area contributed by atoms with Gasteiger partial charge < -0.3 is 14.7 Å². The molecule has 1 aliphatic heterocycles. The van der Waals surface area contributed by atoms with Gasteiger partial charge in [-0.15, -0.1) is 11.3 Å². The second kappa shape index (κ2) is 6.55. The van der Waals surface area contributed by atoms with Crippen molar-refractivity contribution in [2.75, 3.05) is 20.3 Å². The molecule has 0 radical (unpaired) electrons. The summed E-state index contributed by atoms with van der Waals surface area (Å²) in [6.07, 6.45) is 1.44.